The van der Waals surface area contributed by atoms with Gasteiger partial charge < -0.3 is 15.8 Å². The zero-order valence-electron chi connectivity index (χ0n) is 12.9. The predicted molar refractivity (Wildman–Crippen MR) is 99.5 cm³/mol. The number of methoxy groups -OCH3 is 1. The van der Waals surface area contributed by atoms with E-state index < -0.39 is 0 Å². The summed E-state index contributed by atoms with van der Waals surface area (Å²) >= 11 is 5.31. The number of nitrogens with one attached hydrogen (secondary N) is 2. The Labute approximate surface area is 143 Å². The molecule has 7 heteroatoms. The summed E-state index contributed by atoms with van der Waals surface area (Å²) in [7, 11) is 1.60. The van der Waals surface area contributed by atoms with Crippen LogP contribution < -0.4 is 21.3 Å². The van der Waals surface area contributed by atoms with E-state index in [4.69, 9.17) is 22.7 Å². The molecule has 4 N–H and O–H groups in total. The molecule has 0 unspecified atom stereocenters. The van der Waals surface area contributed by atoms with Crippen molar-refractivity contribution in [3.05, 3.63) is 65.0 Å². The molecule has 0 bridgehead atoms. The molecule has 24 heavy (non-hydrogen) atoms. The second-order valence-corrected chi connectivity index (χ2v) is 5.45. The van der Waals surface area contributed by atoms with E-state index >= 15 is 0 Å². The van der Waals surface area contributed by atoms with Gasteiger partial charge in [0.2, 0.25) is 0 Å². The number of hydrogen-bond donors (Lipinski definition) is 3. The van der Waals surface area contributed by atoms with Crippen molar-refractivity contribution in [2.24, 2.45) is 0 Å². The third-order valence-electron chi connectivity index (χ3n) is 3.53. The van der Waals surface area contributed by atoms with E-state index in [0.717, 1.165) is 17.0 Å². The van der Waals surface area contributed by atoms with Crippen molar-refractivity contribution in [2.75, 3.05) is 18.2 Å². The Balaban J connectivity index is 1.89. The molecule has 0 aliphatic rings. The molecule has 122 valence electrons. The molecule has 0 aliphatic carbocycles. The first-order valence-electron chi connectivity index (χ1n) is 7.21. The Morgan fingerprint density at radius 3 is 2.46 bits per heavy atom. The highest BCUT2D eigenvalue weighted by molar-refractivity contribution is 7.80. The van der Waals surface area contributed by atoms with Crippen molar-refractivity contribution in [3.8, 4) is 16.9 Å². The maximum atomic E-state index is 12.6. The van der Waals surface area contributed by atoms with Gasteiger partial charge in [0, 0.05) is 5.69 Å². The number of anilines is 2. The molecule has 0 spiro atoms. The first-order chi connectivity index (χ1) is 11.6. The molecule has 0 radical (unpaired) electrons. The number of hydrogen-bond acceptors (Lipinski definition) is 4. The largest absolute Gasteiger partial charge is 0.497 e. The lowest BCUT2D eigenvalue weighted by Gasteiger charge is -2.08. The van der Waals surface area contributed by atoms with E-state index in [0.29, 0.717) is 5.56 Å². The van der Waals surface area contributed by atoms with Crippen LogP contribution in [0.4, 0.5) is 11.5 Å². The summed E-state index contributed by atoms with van der Waals surface area (Å²) in [6, 6.07) is 16.4. The van der Waals surface area contributed by atoms with E-state index in [-0.39, 0.29) is 16.5 Å². The van der Waals surface area contributed by atoms with Crippen LogP contribution in [0.25, 0.3) is 11.1 Å². The van der Waals surface area contributed by atoms with Crippen molar-refractivity contribution in [3.63, 3.8) is 0 Å². The fraction of sp³-hybridized carbons (Fsp3) is 0.0588. The van der Waals surface area contributed by atoms with Crippen LogP contribution in [0.3, 0.4) is 0 Å². The van der Waals surface area contributed by atoms with Crippen LogP contribution in [0.1, 0.15) is 0 Å². The first kappa shape index (κ1) is 15.8. The smallest absolute Gasteiger partial charge is 0.283 e. The third-order valence-corrected chi connectivity index (χ3v) is 3.81. The molecule has 0 aliphatic heterocycles. The summed E-state index contributed by atoms with van der Waals surface area (Å²) in [5, 5.41) is 6.01. The summed E-state index contributed by atoms with van der Waals surface area (Å²) in [6.45, 7) is 0. The molecule has 0 saturated carbocycles. The topological polar surface area (TPSA) is 85.1 Å². The zero-order chi connectivity index (χ0) is 17.1. The fourth-order valence-electron chi connectivity index (χ4n) is 2.33. The molecule has 0 amide bonds. The zero-order valence-corrected chi connectivity index (χ0v) is 13.8. The Hall–Kier alpha value is -3.06. The maximum absolute atomic E-state index is 12.6. The van der Waals surface area contributed by atoms with Gasteiger partial charge in [0.25, 0.3) is 5.56 Å². The number of nitrogens with zero attached hydrogens (tertiary/aromatic N) is 1. The summed E-state index contributed by atoms with van der Waals surface area (Å²) in [5.41, 5.74) is 7.54. The van der Waals surface area contributed by atoms with Gasteiger partial charge in [-0.05, 0) is 42.0 Å². The number of nitrogen functional groups attached to an aromatic ring is 1. The van der Waals surface area contributed by atoms with Gasteiger partial charge in [0.1, 0.15) is 11.6 Å². The predicted octanol–water partition coefficient (Wildman–Crippen LogP) is 2.68. The highest BCUT2D eigenvalue weighted by atomic mass is 32.1. The first-order valence-corrected chi connectivity index (χ1v) is 7.62. The number of rotatable bonds is 3. The van der Waals surface area contributed by atoms with Crippen molar-refractivity contribution in [1.82, 2.24) is 9.78 Å². The van der Waals surface area contributed by atoms with Crippen LogP contribution in [0.2, 0.25) is 0 Å². The van der Waals surface area contributed by atoms with Gasteiger partial charge in [-0.15, -0.1) is 0 Å². The summed E-state index contributed by atoms with van der Waals surface area (Å²) in [5.74, 6) is 1.00. The van der Waals surface area contributed by atoms with Crippen LogP contribution in [-0.2, 0) is 0 Å². The van der Waals surface area contributed by atoms with E-state index in [1.807, 2.05) is 30.3 Å². The molecule has 1 aromatic heterocycles. The summed E-state index contributed by atoms with van der Waals surface area (Å²) < 4.78 is 6.33. The second kappa shape index (κ2) is 6.59. The number of thiocarbonyl (C=S) groups is 1. The molecule has 0 fully saturated rings. The number of aromatic amines is 1. The third kappa shape index (κ3) is 3.02. The molecular formula is C17H16N4O2S. The maximum Gasteiger partial charge on any atom is 0.283 e. The standard InChI is InChI=1S/C17H16N4O2S/c1-23-13-9-7-12(8-10-13)19-17(24)21-16(22)14(15(18)20-21)11-5-3-2-4-6-11/h2-10,20H,18H2,1H3,(H,19,24). The highest BCUT2D eigenvalue weighted by Gasteiger charge is 2.16. The van der Waals surface area contributed by atoms with Crippen LogP contribution in [0.15, 0.2) is 59.4 Å². The van der Waals surface area contributed by atoms with E-state index in [1.165, 1.54) is 4.68 Å². The quantitative estimate of drug-likeness (QED) is 0.638. The summed E-state index contributed by atoms with van der Waals surface area (Å²) in [6.07, 6.45) is 0. The van der Waals surface area contributed by atoms with E-state index in [1.54, 1.807) is 31.4 Å². The van der Waals surface area contributed by atoms with Gasteiger partial charge in [-0.2, -0.15) is 4.68 Å². The van der Waals surface area contributed by atoms with E-state index in [9.17, 15) is 4.79 Å². The number of benzene rings is 2. The number of H-pyrrole nitrogens is 1. The second-order valence-electron chi connectivity index (χ2n) is 5.07. The highest BCUT2D eigenvalue weighted by Crippen LogP contribution is 2.20. The van der Waals surface area contributed by atoms with Gasteiger partial charge in [0.15, 0.2) is 5.11 Å². The molecule has 0 saturated heterocycles. The van der Waals surface area contributed by atoms with Gasteiger partial charge in [-0.1, -0.05) is 30.3 Å². The minimum absolute atomic E-state index is 0.207. The molecule has 2 aromatic carbocycles. The van der Waals surface area contributed by atoms with Crippen LogP contribution >= 0.6 is 12.2 Å². The molecule has 0 atom stereocenters. The number of aromatic nitrogens is 2. The van der Waals surface area contributed by atoms with E-state index in [2.05, 4.69) is 10.4 Å². The van der Waals surface area contributed by atoms with Crippen LogP contribution in [0.5, 0.6) is 5.75 Å². The minimum atomic E-state index is -0.301. The average Bonchev–Trinajstić information content (AvgIpc) is 2.91. The Kier molecular flexibility index (Phi) is 4.35. The van der Waals surface area contributed by atoms with Crippen molar-refractivity contribution in [1.29, 1.82) is 0 Å². The lowest BCUT2D eigenvalue weighted by atomic mass is 10.1. The Bertz CT molecular complexity index is 914. The summed E-state index contributed by atoms with van der Waals surface area (Å²) in [4.78, 5) is 12.6. The Morgan fingerprint density at radius 2 is 1.83 bits per heavy atom. The van der Waals surface area contributed by atoms with Gasteiger partial charge in [-0.25, -0.2) is 0 Å². The molecule has 6 nitrogen and oxygen atoms in total. The van der Waals surface area contributed by atoms with Gasteiger partial charge in [0.05, 0.1) is 12.7 Å². The van der Waals surface area contributed by atoms with Crippen LogP contribution in [-0.4, -0.2) is 22.0 Å². The van der Waals surface area contributed by atoms with Gasteiger partial charge >= 0.3 is 0 Å². The lowest BCUT2D eigenvalue weighted by molar-refractivity contribution is 0.415. The fourth-order valence-corrected chi connectivity index (χ4v) is 2.58. The molecule has 3 rings (SSSR count). The molecule has 3 aromatic rings. The Morgan fingerprint density at radius 1 is 1.17 bits per heavy atom. The van der Waals surface area contributed by atoms with Crippen molar-refractivity contribution < 1.29 is 4.74 Å². The molecular weight excluding hydrogens is 324 g/mol. The number of ether oxygens (including phenoxy) is 1. The van der Waals surface area contributed by atoms with Crippen molar-refractivity contribution in [2.45, 2.75) is 0 Å². The monoisotopic (exact) mass is 340 g/mol. The van der Waals surface area contributed by atoms with Crippen molar-refractivity contribution >= 4 is 28.8 Å². The van der Waals surface area contributed by atoms with Crippen LogP contribution in [0, 0.1) is 0 Å². The van der Waals surface area contributed by atoms with Gasteiger partial charge in [-0.3, -0.25) is 9.89 Å². The average molecular weight is 340 g/mol. The lowest BCUT2D eigenvalue weighted by Crippen LogP contribution is -2.29. The molecule has 1 heterocycles. The number of nitrogens with two attached hydrogens (primary N) is 1. The normalized spacial score (nSPS) is 10.4. The SMILES string of the molecule is COc1ccc(NC(=S)n2[nH]c(N)c(-c3ccccc3)c2=O)cc1. The minimum Gasteiger partial charge on any atom is -0.497 e.